The molecule has 0 fully saturated rings. The molecule has 0 saturated heterocycles. The third-order valence-electron chi connectivity index (χ3n) is 3.59. The van der Waals surface area contributed by atoms with Crippen molar-refractivity contribution in [3.05, 3.63) is 76.1 Å². The van der Waals surface area contributed by atoms with Crippen LogP contribution in [-0.2, 0) is 6.42 Å². The molecule has 0 unspecified atom stereocenters. The van der Waals surface area contributed by atoms with Crippen LogP contribution in [-0.4, -0.2) is 20.9 Å². The Morgan fingerprint density at radius 2 is 1.92 bits per heavy atom. The smallest absolute Gasteiger partial charge is 0.269 e. The first-order valence-electron chi connectivity index (χ1n) is 7.46. The Bertz CT molecular complexity index is 944. The van der Waals surface area contributed by atoms with Gasteiger partial charge in [-0.25, -0.2) is 14.4 Å². The van der Waals surface area contributed by atoms with Crippen molar-refractivity contribution in [1.29, 1.82) is 0 Å². The van der Waals surface area contributed by atoms with Crippen LogP contribution in [0.4, 0.5) is 4.39 Å². The number of aromatic nitrogens is 3. The summed E-state index contributed by atoms with van der Waals surface area (Å²) in [6.45, 7) is 1.77. The second kappa shape index (κ2) is 6.94. The Morgan fingerprint density at radius 3 is 2.56 bits per heavy atom. The van der Waals surface area contributed by atoms with Crippen LogP contribution in [0, 0.1) is 12.7 Å². The molecule has 5 nitrogen and oxygen atoms in total. The number of hydrogen-bond donors (Lipinski definition) is 1. The highest BCUT2D eigenvalue weighted by Gasteiger charge is 2.15. The zero-order valence-electron chi connectivity index (χ0n) is 13.3. The number of rotatable bonds is 4. The van der Waals surface area contributed by atoms with Crippen molar-refractivity contribution < 1.29 is 9.18 Å². The lowest BCUT2D eigenvalue weighted by Crippen LogP contribution is -2.16. The van der Waals surface area contributed by atoms with Crippen molar-refractivity contribution in [2.75, 3.05) is 0 Å². The zero-order valence-corrected chi connectivity index (χ0v) is 14.1. The molecular weight excluding hydrogens is 343 g/mol. The lowest BCUT2D eigenvalue weighted by atomic mass is 10.1. The summed E-state index contributed by atoms with van der Waals surface area (Å²) in [6.07, 6.45) is 3.70. The lowest BCUT2D eigenvalue weighted by molar-refractivity contribution is 0.0996. The highest BCUT2D eigenvalue weighted by Crippen LogP contribution is 2.21. The van der Waals surface area contributed by atoms with Crippen LogP contribution >= 0.6 is 11.6 Å². The molecule has 0 aliphatic rings. The fourth-order valence-corrected chi connectivity index (χ4v) is 2.59. The van der Waals surface area contributed by atoms with E-state index in [1.54, 1.807) is 31.3 Å². The first-order valence-corrected chi connectivity index (χ1v) is 7.84. The van der Waals surface area contributed by atoms with E-state index < -0.39 is 11.7 Å². The Balaban J connectivity index is 1.89. The number of nitrogens with zero attached hydrogens (tertiary/aromatic N) is 3. The zero-order chi connectivity index (χ0) is 18.0. The maximum absolute atomic E-state index is 13.2. The van der Waals surface area contributed by atoms with Crippen molar-refractivity contribution >= 4 is 17.5 Å². The van der Waals surface area contributed by atoms with Gasteiger partial charge in [-0.1, -0.05) is 23.7 Å². The van der Waals surface area contributed by atoms with E-state index in [2.05, 4.69) is 15.0 Å². The van der Waals surface area contributed by atoms with Crippen molar-refractivity contribution in [3.8, 4) is 11.4 Å². The molecule has 3 aromatic rings. The van der Waals surface area contributed by atoms with Crippen molar-refractivity contribution in [2.24, 2.45) is 5.73 Å². The topological polar surface area (TPSA) is 81.8 Å². The summed E-state index contributed by atoms with van der Waals surface area (Å²) < 4.78 is 13.2. The van der Waals surface area contributed by atoms with Gasteiger partial charge in [-0.05, 0) is 42.7 Å². The number of nitrogens with two attached hydrogens (primary N) is 1. The minimum atomic E-state index is -0.658. The number of carbonyl (C=O) groups excluding carboxylic acids is 1. The van der Waals surface area contributed by atoms with E-state index >= 15 is 0 Å². The number of hydrogen-bond acceptors (Lipinski definition) is 4. The molecule has 0 aliphatic heterocycles. The predicted molar refractivity (Wildman–Crippen MR) is 92.7 cm³/mol. The van der Waals surface area contributed by atoms with Gasteiger partial charge in [0.1, 0.15) is 11.5 Å². The number of primary amides is 1. The summed E-state index contributed by atoms with van der Waals surface area (Å²) in [5.74, 6) is -1.11. The van der Waals surface area contributed by atoms with Gasteiger partial charge in [-0.15, -0.1) is 0 Å². The molecule has 25 heavy (non-hydrogen) atoms. The minimum Gasteiger partial charge on any atom is -0.364 e. The maximum atomic E-state index is 13.2. The van der Waals surface area contributed by atoms with E-state index in [0.717, 1.165) is 11.1 Å². The first-order chi connectivity index (χ1) is 11.9. The molecule has 0 aliphatic carbocycles. The van der Waals surface area contributed by atoms with E-state index in [9.17, 15) is 9.18 Å². The van der Waals surface area contributed by atoms with Gasteiger partial charge >= 0.3 is 0 Å². The Kier molecular flexibility index (Phi) is 4.72. The van der Waals surface area contributed by atoms with Crippen LogP contribution in [0.3, 0.4) is 0 Å². The van der Waals surface area contributed by atoms with Gasteiger partial charge in [0.05, 0.1) is 16.4 Å². The van der Waals surface area contributed by atoms with E-state index in [0.29, 0.717) is 23.5 Å². The van der Waals surface area contributed by atoms with Crippen molar-refractivity contribution in [2.45, 2.75) is 13.3 Å². The standard InChI is InChI=1S/C18H14ClFN4O/c1-10-8-23-17(18(21)25)16(24-10)15-5-3-12(9-22-15)6-11-2-4-14(20)13(19)7-11/h2-5,7-9H,6H2,1H3,(H2,21,25). The van der Waals surface area contributed by atoms with E-state index in [1.165, 1.54) is 12.3 Å². The summed E-state index contributed by atoms with van der Waals surface area (Å²) in [7, 11) is 0. The van der Waals surface area contributed by atoms with Gasteiger partial charge in [0.25, 0.3) is 5.91 Å². The summed E-state index contributed by atoms with van der Waals surface area (Å²) in [5.41, 5.74) is 8.72. The molecule has 2 heterocycles. The number of carbonyl (C=O) groups is 1. The monoisotopic (exact) mass is 356 g/mol. The molecule has 0 radical (unpaired) electrons. The quantitative estimate of drug-likeness (QED) is 0.777. The molecule has 0 spiro atoms. The summed E-state index contributed by atoms with van der Waals surface area (Å²) in [6, 6.07) is 8.19. The third-order valence-corrected chi connectivity index (χ3v) is 3.88. The van der Waals surface area contributed by atoms with Crippen molar-refractivity contribution in [1.82, 2.24) is 15.0 Å². The fraction of sp³-hybridized carbons (Fsp3) is 0.111. The van der Waals surface area contributed by atoms with Crippen LogP contribution in [0.15, 0.2) is 42.7 Å². The summed E-state index contributed by atoms with van der Waals surface area (Å²) in [5, 5.41) is 0.0863. The summed E-state index contributed by atoms with van der Waals surface area (Å²) in [4.78, 5) is 24.2. The van der Waals surface area contributed by atoms with Gasteiger partial charge in [-0.3, -0.25) is 9.78 Å². The maximum Gasteiger partial charge on any atom is 0.269 e. The van der Waals surface area contributed by atoms with Gasteiger partial charge in [0.15, 0.2) is 5.69 Å². The van der Waals surface area contributed by atoms with Crippen LogP contribution < -0.4 is 5.73 Å². The van der Waals surface area contributed by atoms with Gasteiger partial charge < -0.3 is 5.73 Å². The molecule has 2 aromatic heterocycles. The second-order valence-electron chi connectivity index (χ2n) is 5.55. The minimum absolute atomic E-state index is 0.0798. The Morgan fingerprint density at radius 1 is 1.16 bits per heavy atom. The Labute approximate surface area is 148 Å². The average Bonchev–Trinajstić information content (AvgIpc) is 2.58. The normalized spacial score (nSPS) is 10.7. The largest absolute Gasteiger partial charge is 0.364 e. The molecule has 0 saturated carbocycles. The molecule has 1 aromatic carbocycles. The van der Waals surface area contributed by atoms with E-state index in [-0.39, 0.29) is 10.7 Å². The molecular formula is C18H14ClFN4O. The van der Waals surface area contributed by atoms with Gasteiger partial charge in [0, 0.05) is 12.4 Å². The van der Waals surface area contributed by atoms with Gasteiger partial charge in [-0.2, -0.15) is 0 Å². The number of halogens is 2. The Hall–Kier alpha value is -2.86. The number of pyridine rings is 1. The third kappa shape index (κ3) is 3.80. The predicted octanol–water partition coefficient (Wildman–Crippen LogP) is 3.33. The van der Waals surface area contributed by atoms with E-state index in [4.69, 9.17) is 17.3 Å². The second-order valence-corrected chi connectivity index (χ2v) is 5.96. The molecule has 126 valence electrons. The SMILES string of the molecule is Cc1cnc(C(N)=O)c(-c2ccc(Cc3ccc(F)c(Cl)c3)cn2)n1. The number of aryl methyl sites for hydroxylation is 1. The van der Waals surface area contributed by atoms with E-state index in [1.807, 2.05) is 6.07 Å². The number of amides is 1. The lowest BCUT2D eigenvalue weighted by Gasteiger charge is -2.07. The number of benzene rings is 1. The molecule has 7 heteroatoms. The fourth-order valence-electron chi connectivity index (χ4n) is 2.39. The molecule has 2 N–H and O–H groups in total. The molecule has 3 rings (SSSR count). The molecule has 0 bridgehead atoms. The van der Waals surface area contributed by atoms with Crippen molar-refractivity contribution in [3.63, 3.8) is 0 Å². The highest BCUT2D eigenvalue weighted by atomic mass is 35.5. The molecule has 1 amide bonds. The van der Waals surface area contributed by atoms with Gasteiger partial charge in [0.2, 0.25) is 0 Å². The molecule has 0 atom stereocenters. The van der Waals surface area contributed by atoms with Crippen LogP contribution in [0.1, 0.15) is 27.3 Å². The van der Waals surface area contributed by atoms with Crippen LogP contribution in [0.25, 0.3) is 11.4 Å². The average molecular weight is 357 g/mol. The highest BCUT2D eigenvalue weighted by molar-refractivity contribution is 6.30. The first kappa shape index (κ1) is 17.0. The van der Waals surface area contributed by atoms with Crippen LogP contribution in [0.5, 0.6) is 0 Å². The van der Waals surface area contributed by atoms with Crippen LogP contribution in [0.2, 0.25) is 5.02 Å². The summed E-state index contributed by atoms with van der Waals surface area (Å²) >= 11 is 5.80.